The summed E-state index contributed by atoms with van der Waals surface area (Å²) in [7, 11) is 1.64. The first-order valence-corrected chi connectivity index (χ1v) is 10.2. The van der Waals surface area contributed by atoms with Gasteiger partial charge in [0.15, 0.2) is 11.4 Å². The van der Waals surface area contributed by atoms with Gasteiger partial charge in [-0.25, -0.2) is 9.07 Å². The summed E-state index contributed by atoms with van der Waals surface area (Å²) in [5, 5.41) is 15.4. The molecule has 0 fully saturated rings. The number of carbonyl (C=O) groups is 1. The zero-order chi connectivity index (χ0) is 22.6. The van der Waals surface area contributed by atoms with Crippen LogP contribution in [-0.2, 0) is 13.1 Å². The minimum Gasteiger partial charge on any atom is -0.505 e. The highest BCUT2D eigenvalue weighted by Crippen LogP contribution is 2.36. The lowest BCUT2D eigenvalue weighted by molar-refractivity contribution is 0.0747. The topological polar surface area (TPSA) is 93.2 Å². The molecule has 32 heavy (non-hydrogen) atoms. The van der Waals surface area contributed by atoms with Gasteiger partial charge in [0.25, 0.3) is 11.5 Å². The third-order valence-electron chi connectivity index (χ3n) is 5.56. The second kappa shape index (κ2) is 7.45. The van der Waals surface area contributed by atoms with Crippen molar-refractivity contribution >= 4 is 28.4 Å². The van der Waals surface area contributed by atoms with E-state index in [0.717, 1.165) is 4.68 Å². The molecule has 8 nitrogen and oxygen atoms in total. The highest BCUT2D eigenvalue weighted by atomic mass is 35.5. The number of pyridine rings is 1. The van der Waals surface area contributed by atoms with Gasteiger partial charge in [-0.2, -0.15) is 5.10 Å². The Labute approximate surface area is 186 Å². The maximum absolute atomic E-state index is 13.6. The molecule has 162 valence electrons. The van der Waals surface area contributed by atoms with E-state index >= 15 is 0 Å². The minimum absolute atomic E-state index is 0.00693. The van der Waals surface area contributed by atoms with Crippen LogP contribution >= 0.6 is 11.6 Å². The lowest BCUT2D eigenvalue weighted by Crippen LogP contribution is -2.37. The molecule has 4 aromatic rings. The van der Waals surface area contributed by atoms with Crippen LogP contribution in [0.15, 0.2) is 47.4 Å². The van der Waals surface area contributed by atoms with Gasteiger partial charge in [0, 0.05) is 26.3 Å². The monoisotopic (exact) mass is 453 g/mol. The van der Waals surface area contributed by atoms with Gasteiger partial charge >= 0.3 is 0 Å². The molecular formula is C22H17ClFN5O3. The molecule has 0 saturated heterocycles. The molecule has 0 aliphatic carbocycles. The SMILES string of the molecule is CN1CCn2c(c(O)c3c(=O)n(Cc4ccc(F)c(Cl)c4)nc(-c4ccccn4)c32)C1=O. The van der Waals surface area contributed by atoms with E-state index < -0.39 is 11.4 Å². The summed E-state index contributed by atoms with van der Waals surface area (Å²) < 4.78 is 16.4. The van der Waals surface area contributed by atoms with E-state index in [9.17, 15) is 19.1 Å². The molecule has 1 aromatic carbocycles. The standard InChI is InChI=1S/C22H17ClFN5O3/c1-27-8-9-28-18-16(20(30)19(28)22(27)32)21(31)29(11-12-5-6-14(24)13(23)10-12)26-17(18)15-4-2-3-7-25-15/h2-7,10,30H,8-9,11H2,1H3. The maximum Gasteiger partial charge on any atom is 0.280 e. The Morgan fingerprint density at radius 1 is 1.19 bits per heavy atom. The Hall–Kier alpha value is -3.72. The number of fused-ring (bicyclic) bond motifs is 3. The molecular weight excluding hydrogens is 437 g/mol. The Morgan fingerprint density at radius 3 is 2.72 bits per heavy atom. The summed E-state index contributed by atoms with van der Waals surface area (Å²) in [6.07, 6.45) is 1.59. The van der Waals surface area contributed by atoms with Crippen molar-refractivity contribution in [2.45, 2.75) is 13.1 Å². The van der Waals surface area contributed by atoms with Crippen LogP contribution in [0.25, 0.3) is 22.3 Å². The number of benzene rings is 1. The molecule has 10 heteroatoms. The Bertz CT molecular complexity index is 1450. The van der Waals surface area contributed by atoms with Crippen molar-refractivity contribution in [3.63, 3.8) is 0 Å². The van der Waals surface area contributed by atoms with Crippen molar-refractivity contribution < 1.29 is 14.3 Å². The van der Waals surface area contributed by atoms with E-state index in [1.54, 1.807) is 36.0 Å². The van der Waals surface area contributed by atoms with Gasteiger partial charge < -0.3 is 14.6 Å². The van der Waals surface area contributed by atoms with Crippen LogP contribution in [0.2, 0.25) is 5.02 Å². The number of hydrogen-bond acceptors (Lipinski definition) is 5. The Kier molecular flexibility index (Phi) is 4.70. The fourth-order valence-electron chi connectivity index (χ4n) is 3.96. The van der Waals surface area contributed by atoms with Crippen LogP contribution in [0.4, 0.5) is 4.39 Å². The molecule has 0 bridgehead atoms. The Balaban J connectivity index is 1.81. The molecule has 0 saturated carbocycles. The molecule has 0 unspecified atom stereocenters. The summed E-state index contributed by atoms with van der Waals surface area (Å²) in [6.45, 7) is 0.809. The predicted molar refractivity (Wildman–Crippen MR) is 116 cm³/mol. The first-order valence-electron chi connectivity index (χ1n) is 9.84. The number of nitrogens with zero attached hydrogens (tertiary/aromatic N) is 5. The van der Waals surface area contributed by atoms with Crippen molar-refractivity contribution in [3.8, 4) is 17.1 Å². The smallest absolute Gasteiger partial charge is 0.280 e. The second-order valence-corrected chi connectivity index (χ2v) is 7.98. The second-order valence-electron chi connectivity index (χ2n) is 7.57. The molecule has 4 heterocycles. The van der Waals surface area contributed by atoms with Crippen molar-refractivity contribution in [1.29, 1.82) is 0 Å². The van der Waals surface area contributed by atoms with Crippen molar-refractivity contribution in [1.82, 2.24) is 24.2 Å². The van der Waals surface area contributed by atoms with Crippen LogP contribution < -0.4 is 5.56 Å². The van der Waals surface area contributed by atoms with Gasteiger partial charge in [0.1, 0.15) is 16.9 Å². The van der Waals surface area contributed by atoms with Crippen LogP contribution in [0.5, 0.6) is 5.75 Å². The molecule has 0 radical (unpaired) electrons. The summed E-state index contributed by atoms with van der Waals surface area (Å²) in [5.74, 6) is -1.33. The third kappa shape index (κ3) is 3.04. The van der Waals surface area contributed by atoms with E-state index in [1.165, 1.54) is 23.1 Å². The van der Waals surface area contributed by atoms with Gasteiger partial charge in [-0.3, -0.25) is 14.6 Å². The lowest BCUT2D eigenvalue weighted by Gasteiger charge is -2.25. The number of likely N-dealkylation sites (N-methyl/N-ethyl adjacent to an activating group) is 1. The van der Waals surface area contributed by atoms with Gasteiger partial charge in [-0.1, -0.05) is 23.7 Å². The first kappa shape index (κ1) is 20.2. The summed E-state index contributed by atoms with van der Waals surface area (Å²) in [4.78, 5) is 32.0. The van der Waals surface area contributed by atoms with Gasteiger partial charge in [-0.05, 0) is 29.8 Å². The van der Waals surface area contributed by atoms with Gasteiger partial charge in [-0.15, -0.1) is 0 Å². The van der Waals surface area contributed by atoms with Gasteiger partial charge in [0.05, 0.1) is 22.8 Å². The molecule has 1 aliphatic heterocycles. The fourth-order valence-corrected chi connectivity index (χ4v) is 4.17. The quantitative estimate of drug-likeness (QED) is 0.515. The minimum atomic E-state index is -0.574. The van der Waals surface area contributed by atoms with E-state index in [1.807, 2.05) is 0 Å². The average molecular weight is 454 g/mol. The van der Waals surface area contributed by atoms with Crippen molar-refractivity contribution in [2.75, 3.05) is 13.6 Å². The van der Waals surface area contributed by atoms with E-state index in [4.69, 9.17) is 11.6 Å². The first-order chi connectivity index (χ1) is 15.4. The zero-order valence-electron chi connectivity index (χ0n) is 16.9. The normalized spacial score (nSPS) is 13.6. The summed E-state index contributed by atoms with van der Waals surface area (Å²) in [5.41, 5.74) is 1.22. The van der Waals surface area contributed by atoms with Crippen LogP contribution in [-0.4, -0.2) is 48.8 Å². The average Bonchev–Trinajstić information content (AvgIpc) is 3.09. The number of halogens is 2. The van der Waals surface area contributed by atoms with E-state index in [-0.39, 0.29) is 34.3 Å². The third-order valence-corrected chi connectivity index (χ3v) is 5.85. The molecule has 1 N–H and O–H groups in total. The zero-order valence-corrected chi connectivity index (χ0v) is 17.7. The van der Waals surface area contributed by atoms with Crippen molar-refractivity contribution in [3.05, 3.63) is 75.0 Å². The molecule has 0 spiro atoms. The predicted octanol–water partition coefficient (Wildman–Crippen LogP) is 2.89. The van der Waals surface area contributed by atoms with Crippen molar-refractivity contribution in [2.24, 2.45) is 0 Å². The summed E-state index contributed by atoms with van der Waals surface area (Å²) >= 11 is 5.89. The molecule has 1 aliphatic rings. The molecule has 3 aromatic heterocycles. The summed E-state index contributed by atoms with van der Waals surface area (Å²) in [6, 6.07) is 9.40. The Morgan fingerprint density at radius 2 is 2.00 bits per heavy atom. The highest BCUT2D eigenvalue weighted by Gasteiger charge is 2.33. The molecule has 1 amide bonds. The number of rotatable bonds is 3. The van der Waals surface area contributed by atoms with Crippen LogP contribution in [0.3, 0.4) is 0 Å². The number of amides is 1. The number of carbonyl (C=O) groups excluding carboxylic acids is 1. The number of aromatic nitrogens is 4. The lowest BCUT2D eigenvalue weighted by atomic mass is 10.2. The van der Waals surface area contributed by atoms with Crippen LogP contribution in [0, 0.1) is 5.82 Å². The largest absolute Gasteiger partial charge is 0.505 e. The maximum atomic E-state index is 13.6. The number of hydrogen-bond donors (Lipinski definition) is 1. The van der Waals surface area contributed by atoms with Gasteiger partial charge in [0.2, 0.25) is 0 Å². The number of aromatic hydroxyl groups is 1. The fraction of sp³-hybridized carbons (Fsp3) is 0.182. The molecule has 0 atom stereocenters. The van der Waals surface area contributed by atoms with E-state index in [0.29, 0.717) is 35.6 Å². The van der Waals surface area contributed by atoms with E-state index in [2.05, 4.69) is 10.1 Å². The van der Waals surface area contributed by atoms with Crippen LogP contribution in [0.1, 0.15) is 16.1 Å². The molecule has 5 rings (SSSR count). The highest BCUT2D eigenvalue weighted by molar-refractivity contribution is 6.30.